The zero-order valence-corrected chi connectivity index (χ0v) is 15.7. The molecule has 1 aliphatic rings. The fourth-order valence-electron chi connectivity index (χ4n) is 2.67. The van der Waals surface area contributed by atoms with Crippen molar-refractivity contribution in [2.24, 2.45) is 0 Å². The molecular weight excluding hydrogens is 363 g/mol. The molecule has 1 heterocycles. The Labute approximate surface area is 145 Å². The number of hydrogen-bond donors (Lipinski definition) is 0. The van der Waals surface area contributed by atoms with Gasteiger partial charge in [-0.15, -0.1) is 0 Å². The Hall–Kier alpha value is -1.14. The van der Waals surface area contributed by atoms with Gasteiger partial charge in [0.05, 0.1) is 4.47 Å². The van der Waals surface area contributed by atoms with Gasteiger partial charge in [0.25, 0.3) is 0 Å². The Kier molecular flexibility index (Phi) is 5.68. The van der Waals surface area contributed by atoms with Crippen LogP contribution in [0.4, 0.5) is 9.18 Å². The summed E-state index contributed by atoms with van der Waals surface area (Å²) in [5.74, 6) is -0.246. The van der Waals surface area contributed by atoms with Crippen LogP contribution in [0.15, 0.2) is 22.7 Å². The van der Waals surface area contributed by atoms with E-state index in [9.17, 15) is 9.18 Å². The monoisotopic (exact) mass is 386 g/mol. The van der Waals surface area contributed by atoms with Crippen LogP contribution in [0.25, 0.3) is 0 Å². The van der Waals surface area contributed by atoms with E-state index in [-0.39, 0.29) is 18.0 Å². The summed E-state index contributed by atoms with van der Waals surface area (Å²) in [6.07, 6.45) is 0.596. The highest BCUT2D eigenvalue weighted by molar-refractivity contribution is 9.10. The van der Waals surface area contributed by atoms with Crippen molar-refractivity contribution >= 4 is 22.0 Å². The number of amides is 1. The van der Waals surface area contributed by atoms with Crippen molar-refractivity contribution in [3.8, 4) is 0 Å². The third kappa shape index (κ3) is 4.91. The minimum absolute atomic E-state index is 0.122. The number of rotatable bonds is 3. The van der Waals surface area contributed by atoms with E-state index in [1.807, 2.05) is 26.8 Å². The molecular formula is C17H24BrFN2O2. The van der Waals surface area contributed by atoms with Gasteiger partial charge < -0.3 is 9.64 Å². The molecule has 0 N–H and O–H groups in total. The van der Waals surface area contributed by atoms with Gasteiger partial charge in [0.2, 0.25) is 0 Å². The lowest BCUT2D eigenvalue weighted by atomic mass is 10.2. The Bertz CT molecular complexity index is 574. The summed E-state index contributed by atoms with van der Waals surface area (Å²) < 4.78 is 19.5. The molecule has 1 aromatic rings. The molecule has 128 valence electrons. The summed E-state index contributed by atoms with van der Waals surface area (Å²) in [5, 5.41) is 0. The van der Waals surface area contributed by atoms with Crippen LogP contribution in [0, 0.1) is 5.82 Å². The van der Waals surface area contributed by atoms with E-state index in [4.69, 9.17) is 4.74 Å². The van der Waals surface area contributed by atoms with E-state index >= 15 is 0 Å². The van der Waals surface area contributed by atoms with Crippen molar-refractivity contribution in [2.75, 3.05) is 20.1 Å². The second-order valence-corrected chi connectivity index (χ2v) is 7.77. The minimum Gasteiger partial charge on any atom is -0.444 e. The van der Waals surface area contributed by atoms with Gasteiger partial charge in [-0.05, 0) is 54.8 Å². The number of carbonyl (C=O) groups excluding carboxylic acids is 1. The number of likely N-dealkylation sites (tertiary alicyclic amines) is 1. The quantitative estimate of drug-likeness (QED) is 0.785. The molecule has 0 bridgehead atoms. The maximum atomic E-state index is 13.6. The molecule has 4 nitrogen and oxygen atoms in total. The largest absolute Gasteiger partial charge is 0.444 e. The van der Waals surface area contributed by atoms with Crippen molar-refractivity contribution in [1.29, 1.82) is 0 Å². The minimum atomic E-state index is -0.490. The molecule has 1 aromatic carbocycles. The first kappa shape index (κ1) is 18.2. The third-order valence-electron chi connectivity index (χ3n) is 3.90. The average Bonchev–Trinajstić information content (AvgIpc) is 2.89. The number of ether oxygens (including phenoxy) is 1. The Morgan fingerprint density at radius 3 is 2.83 bits per heavy atom. The fraction of sp³-hybridized carbons (Fsp3) is 0.588. The predicted octanol–water partition coefficient (Wildman–Crippen LogP) is 4.03. The Morgan fingerprint density at radius 2 is 2.17 bits per heavy atom. The summed E-state index contributed by atoms with van der Waals surface area (Å²) in [4.78, 5) is 16.0. The van der Waals surface area contributed by atoms with E-state index in [0.717, 1.165) is 25.1 Å². The molecule has 1 amide bonds. The van der Waals surface area contributed by atoms with E-state index in [1.165, 1.54) is 6.07 Å². The highest BCUT2D eigenvalue weighted by Gasteiger charge is 2.31. The molecule has 0 aromatic heterocycles. The standard InChI is InChI=1S/C17H24BrFN2O2/c1-17(2,3)23-16(22)20(4)13-8-9-21(11-13)10-12-6-5-7-14(19)15(12)18/h5-7,13H,8-11H2,1-4H3. The summed E-state index contributed by atoms with van der Waals surface area (Å²) in [6, 6.07) is 5.20. The van der Waals surface area contributed by atoms with Gasteiger partial charge in [-0.25, -0.2) is 9.18 Å². The molecule has 0 saturated carbocycles. The van der Waals surface area contributed by atoms with Gasteiger partial charge >= 0.3 is 6.09 Å². The third-order valence-corrected chi connectivity index (χ3v) is 4.79. The first-order valence-electron chi connectivity index (χ1n) is 7.78. The molecule has 0 radical (unpaired) electrons. The second kappa shape index (κ2) is 7.18. The SMILES string of the molecule is CN(C(=O)OC(C)(C)C)C1CCN(Cc2cccc(F)c2Br)C1. The highest BCUT2D eigenvalue weighted by atomic mass is 79.9. The van der Waals surface area contributed by atoms with Crippen molar-refractivity contribution in [3.63, 3.8) is 0 Å². The van der Waals surface area contributed by atoms with Crippen molar-refractivity contribution in [2.45, 2.75) is 45.4 Å². The maximum Gasteiger partial charge on any atom is 0.410 e. The van der Waals surface area contributed by atoms with Gasteiger partial charge in [-0.2, -0.15) is 0 Å². The van der Waals surface area contributed by atoms with E-state index in [0.29, 0.717) is 11.0 Å². The predicted molar refractivity (Wildman–Crippen MR) is 91.8 cm³/mol. The van der Waals surface area contributed by atoms with Gasteiger partial charge in [0.1, 0.15) is 11.4 Å². The zero-order chi connectivity index (χ0) is 17.2. The smallest absolute Gasteiger partial charge is 0.410 e. The molecule has 1 unspecified atom stereocenters. The normalized spacial score (nSPS) is 19.0. The van der Waals surface area contributed by atoms with Crippen LogP contribution >= 0.6 is 15.9 Å². The van der Waals surface area contributed by atoms with Crippen LogP contribution in [0.5, 0.6) is 0 Å². The van der Waals surface area contributed by atoms with E-state index in [2.05, 4.69) is 20.8 Å². The van der Waals surface area contributed by atoms with E-state index in [1.54, 1.807) is 18.0 Å². The van der Waals surface area contributed by atoms with Gasteiger partial charge in [-0.1, -0.05) is 12.1 Å². The Morgan fingerprint density at radius 1 is 1.48 bits per heavy atom. The number of carbonyl (C=O) groups is 1. The molecule has 2 rings (SSSR count). The fourth-order valence-corrected chi connectivity index (χ4v) is 3.06. The highest BCUT2D eigenvalue weighted by Crippen LogP contribution is 2.24. The van der Waals surface area contributed by atoms with Crippen LogP contribution < -0.4 is 0 Å². The molecule has 0 aliphatic carbocycles. The van der Waals surface area contributed by atoms with Crippen LogP contribution in [0.2, 0.25) is 0 Å². The van der Waals surface area contributed by atoms with Crippen molar-refractivity contribution < 1.29 is 13.9 Å². The van der Waals surface area contributed by atoms with Crippen molar-refractivity contribution in [3.05, 3.63) is 34.1 Å². The maximum absolute atomic E-state index is 13.6. The molecule has 1 saturated heterocycles. The van der Waals surface area contributed by atoms with E-state index < -0.39 is 5.60 Å². The van der Waals surface area contributed by atoms with Gasteiger partial charge in [0, 0.05) is 32.7 Å². The number of halogens is 2. The number of hydrogen-bond acceptors (Lipinski definition) is 3. The van der Waals surface area contributed by atoms with Crippen molar-refractivity contribution in [1.82, 2.24) is 9.80 Å². The lowest BCUT2D eigenvalue weighted by Crippen LogP contribution is -2.42. The van der Waals surface area contributed by atoms with Gasteiger partial charge in [0.15, 0.2) is 0 Å². The Balaban J connectivity index is 1.93. The topological polar surface area (TPSA) is 32.8 Å². The average molecular weight is 387 g/mol. The van der Waals surface area contributed by atoms with Gasteiger partial charge in [-0.3, -0.25) is 4.90 Å². The number of nitrogens with zero attached hydrogens (tertiary/aromatic N) is 2. The first-order chi connectivity index (χ1) is 10.7. The lowest BCUT2D eigenvalue weighted by molar-refractivity contribution is 0.0228. The molecule has 1 aliphatic heterocycles. The first-order valence-corrected chi connectivity index (χ1v) is 8.58. The number of benzene rings is 1. The van der Waals surface area contributed by atoms with Crippen LogP contribution in [-0.4, -0.2) is 47.7 Å². The van der Waals surface area contributed by atoms with Crippen LogP contribution in [-0.2, 0) is 11.3 Å². The summed E-state index contributed by atoms with van der Waals surface area (Å²) in [7, 11) is 1.78. The second-order valence-electron chi connectivity index (χ2n) is 6.98. The molecule has 23 heavy (non-hydrogen) atoms. The molecule has 1 atom stereocenters. The molecule has 6 heteroatoms. The molecule has 0 spiro atoms. The summed E-state index contributed by atoms with van der Waals surface area (Å²) in [6.45, 7) is 7.89. The summed E-state index contributed by atoms with van der Waals surface area (Å²) >= 11 is 3.30. The van der Waals surface area contributed by atoms with Crippen LogP contribution in [0.3, 0.4) is 0 Å². The lowest BCUT2D eigenvalue weighted by Gasteiger charge is -2.28. The molecule has 1 fully saturated rings. The summed E-state index contributed by atoms with van der Waals surface area (Å²) in [5.41, 5.74) is 0.432. The number of likely N-dealkylation sites (N-methyl/N-ethyl adjacent to an activating group) is 1. The van der Waals surface area contributed by atoms with Crippen LogP contribution in [0.1, 0.15) is 32.8 Å². The zero-order valence-electron chi connectivity index (χ0n) is 14.1.